The average molecular weight is 306 g/mol. The Morgan fingerprint density at radius 3 is 2.31 bits per heavy atom. The Morgan fingerprint density at radius 2 is 1.85 bits per heavy atom. The van der Waals surface area contributed by atoms with Crippen LogP contribution in [0.3, 0.4) is 0 Å². The number of hydrogen-bond donors (Lipinski definition) is 0. The second-order valence-corrected chi connectivity index (χ2v) is 3.26. The molecule has 0 aliphatic heterocycles. The summed E-state index contributed by atoms with van der Waals surface area (Å²) in [6.45, 7) is 0. The molecule has 0 heterocycles. The third kappa shape index (κ3) is 3.02. The van der Waals surface area contributed by atoms with Gasteiger partial charge in [-0.05, 0) is 34.7 Å². The highest BCUT2D eigenvalue weighted by molar-refractivity contribution is 14.1. The summed E-state index contributed by atoms with van der Waals surface area (Å²) in [7, 11) is 0. The standard InChI is InChI=1S/C7H3F4IO/c8-4-2-1-3-5(12)6(4)13-7(9,10)11/h1-3H. The number of rotatable bonds is 1. The van der Waals surface area contributed by atoms with E-state index in [2.05, 4.69) is 4.74 Å². The first kappa shape index (κ1) is 10.6. The molecule has 0 atom stereocenters. The molecular formula is C7H3F4IO. The number of ether oxygens (including phenoxy) is 1. The van der Waals surface area contributed by atoms with Crippen LogP contribution in [0, 0.1) is 9.39 Å². The van der Waals surface area contributed by atoms with Gasteiger partial charge in [-0.3, -0.25) is 0 Å². The number of halogens is 5. The third-order valence-electron chi connectivity index (χ3n) is 1.14. The maximum atomic E-state index is 12.8. The highest BCUT2D eigenvalue weighted by Crippen LogP contribution is 2.29. The van der Waals surface area contributed by atoms with Crippen molar-refractivity contribution in [3.63, 3.8) is 0 Å². The fraction of sp³-hybridized carbons (Fsp3) is 0.143. The van der Waals surface area contributed by atoms with Crippen molar-refractivity contribution in [3.05, 3.63) is 27.6 Å². The van der Waals surface area contributed by atoms with Crippen LogP contribution in [0.5, 0.6) is 5.75 Å². The molecule has 1 rings (SSSR count). The van der Waals surface area contributed by atoms with Crippen LogP contribution in [-0.4, -0.2) is 6.36 Å². The molecule has 72 valence electrons. The van der Waals surface area contributed by atoms with E-state index in [0.29, 0.717) is 0 Å². The second-order valence-electron chi connectivity index (χ2n) is 2.10. The zero-order valence-corrected chi connectivity index (χ0v) is 8.19. The fourth-order valence-corrected chi connectivity index (χ4v) is 1.27. The maximum absolute atomic E-state index is 12.8. The van der Waals surface area contributed by atoms with E-state index in [4.69, 9.17) is 0 Å². The highest BCUT2D eigenvalue weighted by atomic mass is 127. The van der Waals surface area contributed by atoms with Crippen molar-refractivity contribution in [2.45, 2.75) is 6.36 Å². The van der Waals surface area contributed by atoms with Crippen LogP contribution in [-0.2, 0) is 0 Å². The van der Waals surface area contributed by atoms with Gasteiger partial charge >= 0.3 is 6.36 Å². The lowest BCUT2D eigenvalue weighted by Crippen LogP contribution is -2.18. The normalized spacial score (nSPS) is 11.5. The summed E-state index contributed by atoms with van der Waals surface area (Å²) in [5, 5.41) is 0. The Labute approximate surface area is 84.8 Å². The smallest absolute Gasteiger partial charge is 0.402 e. The predicted molar refractivity (Wildman–Crippen MR) is 45.8 cm³/mol. The zero-order chi connectivity index (χ0) is 10.1. The topological polar surface area (TPSA) is 9.23 Å². The van der Waals surface area contributed by atoms with Crippen molar-refractivity contribution < 1.29 is 22.3 Å². The van der Waals surface area contributed by atoms with Crippen molar-refractivity contribution in [2.75, 3.05) is 0 Å². The minimum absolute atomic E-state index is 0.0786. The van der Waals surface area contributed by atoms with E-state index in [9.17, 15) is 17.6 Å². The molecule has 0 N–H and O–H groups in total. The first-order valence-corrected chi connectivity index (χ1v) is 4.18. The molecule has 6 heteroatoms. The van der Waals surface area contributed by atoms with Gasteiger partial charge in [-0.1, -0.05) is 6.07 Å². The van der Waals surface area contributed by atoms with Crippen molar-refractivity contribution in [3.8, 4) is 5.75 Å². The van der Waals surface area contributed by atoms with Gasteiger partial charge in [0, 0.05) is 0 Å². The van der Waals surface area contributed by atoms with E-state index in [1.54, 1.807) is 22.6 Å². The van der Waals surface area contributed by atoms with Gasteiger partial charge in [0.05, 0.1) is 3.57 Å². The second kappa shape index (κ2) is 3.69. The molecule has 0 aliphatic carbocycles. The van der Waals surface area contributed by atoms with Crippen molar-refractivity contribution in [1.29, 1.82) is 0 Å². The Morgan fingerprint density at radius 1 is 1.23 bits per heavy atom. The third-order valence-corrected chi connectivity index (χ3v) is 1.99. The molecule has 0 amide bonds. The number of benzene rings is 1. The summed E-state index contributed by atoms with van der Waals surface area (Å²) in [5.74, 6) is -1.81. The molecular weight excluding hydrogens is 303 g/mol. The first-order valence-electron chi connectivity index (χ1n) is 3.10. The van der Waals surface area contributed by atoms with Crippen LogP contribution in [0.4, 0.5) is 17.6 Å². The minimum atomic E-state index is -4.86. The zero-order valence-electron chi connectivity index (χ0n) is 6.03. The van der Waals surface area contributed by atoms with Gasteiger partial charge in [0.2, 0.25) is 0 Å². The average Bonchev–Trinajstić information content (AvgIpc) is 1.95. The molecule has 0 aromatic heterocycles. The molecule has 0 radical (unpaired) electrons. The lowest BCUT2D eigenvalue weighted by molar-refractivity contribution is -0.275. The van der Waals surface area contributed by atoms with Gasteiger partial charge in [0.15, 0.2) is 11.6 Å². The summed E-state index contributed by atoms with van der Waals surface area (Å²) in [4.78, 5) is 0. The summed E-state index contributed by atoms with van der Waals surface area (Å²) in [6.07, 6.45) is -4.86. The number of hydrogen-bond acceptors (Lipinski definition) is 1. The number of para-hydroxylation sites is 1. The molecule has 0 unspecified atom stereocenters. The maximum Gasteiger partial charge on any atom is 0.573 e. The van der Waals surface area contributed by atoms with Gasteiger partial charge < -0.3 is 4.74 Å². The van der Waals surface area contributed by atoms with Crippen LogP contribution in [0.15, 0.2) is 18.2 Å². The molecule has 0 saturated carbocycles. The lowest BCUT2D eigenvalue weighted by Gasteiger charge is -2.10. The van der Waals surface area contributed by atoms with Gasteiger partial charge in [0.25, 0.3) is 0 Å². The monoisotopic (exact) mass is 306 g/mol. The van der Waals surface area contributed by atoms with E-state index >= 15 is 0 Å². The Balaban J connectivity index is 3.00. The Kier molecular flexibility index (Phi) is 2.99. The molecule has 0 bridgehead atoms. The largest absolute Gasteiger partial charge is 0.573 e. The van der Waals surface area contributed by atoms with Crippen molar-refractivity contribution in [1.82, 2.24) is 0 Å². The van der Waals surface area contributed by atoms with Gasteiger partial charge in [0.1, 0.15) is 0 Å². The molecule has 0 fully saturated rings. The number of alkyl halides is 3. The van der Waals surface area contributed by atoms with E-state index < -0.39 is 17.9 Å². The summed E-state index contributed by atoms with van der Waals surface area (Å²) >= 11 is 1.56. The molecule has 0 aliphatic rings. The molecule has 13 heavy (non-hydrogen) atoms. The molecule has 1 aromatic rings. The lowest BCUT2D eigenvalue weighted by atomic mass is 10.3. The van der Waals surface area contributed by atoms with Crippen LogP contribution < -0.4 is 4.74 Å². The van der Waals surface area contributed by atoms with Crippen molar-refractivity contribution >= 4 is 22.6 Å². The predicted octanol–water partition coefficient (Wildman–Crippen LogP) is 3.33. The van der Waals surface area contributed by atoms with E-state index in [1.165, 1.54) is 12.1 Å². The quantitative estimate of drug-likeness (QED) is 0.571. The van der Waals surface area contributed by atoms with E-state index in [-0.39, 0.29) is 3.57 Å². The first-order chi connectivity index (χ1) is 5.90. The van der Waals surface area contributed by atoms with E-state index in [0.717, 1.165) is 6.07 Å². The van der Waals surface area contributed by atoms with Gasteiger partial charge in [-0.15, -0.1) is 13.2 Å². The molecule has 0 saturated heterocycles. The van der Waals surface area contributed by atoms with Crippen LogP contribution in [0.2, 0.25) is 0 Å². The fourth-order valence-electron chi connectivity index (χ4n) is 0.696. The minimum Gasteiger partial charge on any atom is -0.402 e. The SMILES string of the molecule is Fc1cccc(I)c1OC(F)(F)F. The van der Waals surface area contributed by atoms with Crippen molar-refractivity contribution in [2.24, 2.45) is 0 Å². The Bertz CT molecular complexity index is 290. The highest BCUT2D eigenvalue weighted by Gasteiger charge is 2.33. The van der Waals surface area contributed by atoms with E-state index in [1.807, 2.05) is 0 Å². The van der Waals surface area contributed by atoms with Gasteiger partial charge in [-0.25, -0.2) is 4.39 Å². The van der Waals surface area contributed by atoms with Crippen LogP contribution in [0.1, 0.15) is 0 Å². The molecule has 1 aromatic carbocycles. The van der Waals surface area contributed by atoms with Crippen LogP contribution in [0.25, 0.3) is 0 Å². The molecule has 0 spiro atoms. The van der Waals surface area contributed by atoms with Crippen LogP contribution >= 0.6 is 22.6 Å². The Hall–Kier alpha value is -0.530. The van der Waals surface area contributed by atoms with Gasteiger partial charge in [-0.2, -0.15) is 0 Å². The summed E-state index contributed by atoms with van der Waals surface area (Å²) < 4.78 is 51.4. The summed E-state index contributed by atoms with van der Waals surface area (Å²) in [6, 6.07) is 3.54. The molecule has 1 nitrogen and oxygen atoms in total. The summed E-state index contributed by atoms with van der Waals surface area (Å²) in [5.41, 5.74) is 0.